The summed E-state index contributed by atoms with van der Waals surface area (Å²) in [7, 11) is 0. The van der Waals surface area contributed by atoms with Crippen LogP contribution in [0.4, 0.5) is 0 Å². The first-order valence-corrected chi connectivity index (χ1v) is 6.50. The minimum atomic E-state index is 0.356. The highest BCUT2D eigenvalue weighted by atomic mass is 35.5. The molecule has 1 N–H and O–H groups in total. The lowest BCUT2D eigenvalue weighted by Crippen LogP contribution is -1.93. The van der Waals surface area contributed by atoms with E-state index in [1.165, 1.54) is 5.56 Å². The highest BCUT2D eigenvalue weighted by molar-refractivity contribution is 6.30. The third-order valence-corrected chi connectivity index (χ3v) is 3.33. The summed E-state index contributed by atoms with van der Waals surface area (Å²) < 4.78 is 0. The molecule has 0 heterocycles. The Labute approximate surface area is 113 Å². The highest BCUT2D eigenvalue weighted by Crippen LogP contribution is 2.25. The Hall–Kier alpha value is -1.47. The second kappa shape index (κ2) is 5.45. The van der Waals surface area contributed by atoms with Gasteiger partial charge in [0.25, 0.3) is 0 Å². The van der Waals surface area contributed by atoms with Crippen LogP contribution in [0.15, 0.2) is 42.5 Å². The molecule has 0 aromatic heterocycles. The molecule has 2 rings (SSSR count). The van der Waals surface area contributed by atoms with Crippen LogP contribution in [0.5, 0.6) is 5.75 Å². The van der Waals surface area contributed by atoms with Crippen molar-refractivity contribution >= 4 is 11.6 Å². The van der Waals surface area contributed by atoms with Crippen molar-refractivity contribution in [3.63, 3.8) is 0 Å². The van der Waals surface area contributed by atoms with Gasteiger partial charge in [-0.25, -0.2) is 0 Å². The van der Waals surface area contributed by atoms with Crippen LogP contribution in [0.2, 0.25) is 5.02 Å². The average molecular weight is 261 g/mol. The molecule has 2 aromatic carbocycles. The number of benzene rings is 2. The summed E-state index contributed by atoms with van der Waals surface area (Å²) in [4.78, 5) is 0. The van der Waals surface area contributed by atoms with Crippen LogP contribution < -0.4 is 0 Å². The molecule has 0 aliphatic heterocycles. The van der Waals surface area contributed by atoms with Crippen molar-refractivity contribution in [3.05, 3.63) is 64.2 Å². The zero-order chi connectivity index (χ0) is 13.1. The standard InChI is InChI=1S/C16H17ClO/c1-11(2)13-5-8-16(18)14(10-13)9-12-3-6-15(17)7-4-12/h3-8,10-11,18H,9H2,1-2H3. The molecule has 2 aromatic rings. The predicted molar refractivity (Wildman–Crippen MR) is 76.5 cm³/mol. The van der Waals surface area contributed by atoms with Crippen LogP contribution >= 0.6 is 11.6 Å². The Morgan fingerprint density at radius 2 is 1.72 bits per heavy atom. The van der Waals surface area contributed by atoms with E-state index >= 15 is 0 Å². The van der Waals surface area contributed by atoms with Gasteiger partial charge >= 0.3 is 0 Å². The van der Waals surface area contributed by atoms with E-state index in [2.05, 4.69) is 19.9 Å². The first-order chi connectivity index (χ1) is 8.56. The van der Waals surface area contributed by atoms with Crippen LogP contribution in [-0.2, 0) is 6.42 Å². The molecule has 0 saturated heterocycles. The van der Waals surface area contributed by atoms with Crippen LogP contribution in [-0.4, -0.2) is 5.11 Å². The number of hydrogen-bond donors (Lipinski definition) is 1. The van der Waals surface area contributed by atoms with E-state index in [9.17, 15) is 5.11 Å². The zero-order valence-corrected chi connectivity index (χ0v) is 11.4. The van der Waals surface area contributed by atoms with Gasteiger partial charge in [-0.2, -0.15) is 0 Å². The number of aromatic hydroxyl groups is 1. The van der Waals surface area contributed by atoms with Crippen molar-refractivity contribution < 1.29 is 5.11 Å². The smallest absolute Gasteiger partial charge is 0.119 e. The van der Waals surface area contributed by atoms with Crippen molar-refractivity contribution in [2.24, 2.45) is 0 Å². The van der Waals surface area contributed by atoms with Gasteiger partial charge in [0, 0.05) is 11.4 Å². The van der Waals surface area contributed by atoms with Gasteiger partial charge in [-0.05, 0) is 40.8 Å². The molecule has 0 saturated carbocycles. The van der Waals surface area contributed by atoms with Gasteiger partial charge < -0.3 is 5.11 Å². The fraction of sp³-hybridized carbons (Fsp3) is 0.250. The van der Waals surface area contributed by atoms with Gasteiger partial charge in [0.15, 0.2) is 0 Å². The highest BCUT2D eigenvalue weighted by Gasteiger charge is 2.06. The molecule has 0 fully saturated rings. The molecular formula is C16H17ClO. The molecule has 0 aliphatic rings. The van der Waals surface area contributed by atoms with E-state index < -0.39 is 0 Å². The van der Waals surface area contributed by atoms with Crippen LogP contribution in [0.3, 0.4) is 0 Å². The maximum atomic E-state index is 9.91. The summed E-state index contributed by atoms with van der Waals surface area (Å²) in [6.45, 7) is 4.30. The first kappa shape index (κ1) is 13.0. The zero-order valence-electron chi connectivity index (χ0n) is 10.7. The molecule has 94 valence electrons. The molecule has 0 atom stereocenters. The maximum absolute atomic E-state index is 9.91. The Morgan fingerprint density at radius 1 is 1.06 bits per heavy atom. The fourth-order valence-corrected chi connectivity index (χ4v) is 2.05. The molecule has 0 aliphatic carbocycles. The van der Waals surface area contributed by atoms with Crippen molar-refractivity contribution in [3.8, 4) is 5.75 Å². The van der Waals surface area contributed by atoms with E-state index in [-0.39, 0.29) is 0 Å². The number of halogens is 1. The second-order valence-corrected chi connectivity index (χ2v) is 5.28. The minimum absolute atomic E-state index is 0.356. The van der Waals surface area contributed by atoms with Crippen molar-refractivity contribution in [1.82, 2.24) is 0 Å². The maximum Gasteiger partial charge on any atom is 0.119 e. The van der Waals surface area contributed by atoms with Crippen molar-refractivity contribution in [2.75, 3.05) is 0 Å². The lowest BCUT2D eigenvalue weighted by molar-refractivity contribution is 0.469. The van der Waals surface area contributed by atoms with E-state index in [0.717, 1.165) is 22.6 Å². The molecular weight excluding hydrogens is 244 g/mol. The van der Waals surface area contributed by atoms with Gasteiger partial charge in [0.2, 0.25) is 0 Å². The predicted octanol–water partition coefficient (Wildman–Crippen LogP) is 4.76. The third-order valence-electron chi connectivity index (χ3n) is 3.08. The van der Waals surface area contributed by atoms with E-state index in [0.29, 0.717) is 11.7 Å². The monoisotopic (exact) mass is 260 g/mol. The normalized spacial score (nSPS) is 10.9. The van der Waals surface area contributed by atoms with Gasteiger partial charge in [-0.15, -0.1) is 0 Å². The van der Waals surface area contributed by atoms with Crippen molar-refractivity contribution in [2.45, 2.75) is 26.2 Å². The molecule has 2 heteroatoms. The van der Waals surface area contributed by atoms with Gasteiger partial charge in [0.1, 0.15) is 5.75 Å². The quantitative estimate of drug-likeness (QED) is 0.844. The minimum Gasteiger partial charge on any atom is -0.508 e. The van der Waals surface area contributed by atoms with Crippen LogP contribution in [0.25, 0.3) is 0 Å². The molecule has 0 spiro atoms. The summed E-state index contributed by atoms with van der Waals surface area (Å²) in [5.74, 6) is 0.823. The van der Waals surface area contributed by atoms with E-state index in [1.54, 1.807) is 6.07 Å². The number of phenols is 1. The van der Waals surface area contributed by atoms with Gasteiger partial charge in [-0.3, -0.25) is 0 Å². The van der Waals surface area contributed by atoms with E-state index in [1.807, 2.05) is 30.3 Å². The molecule has 0 unspecified atom stereocenters. The Balaban J connectivity index is 2.27. The van der Waals surface area contributed by atoms with Gasteiger partial charge in [-0.1, -0.05) is 49.7 Å². The molecule has 0 amide bonds. The molecule has 18 heavy (non-hydrogen) atoms. The topological polar surface area (TPSA) is 20.2 Å². The number of hydrogen-bond acceptors (Lipinski definition) is 1. The Kier molecular flexibility index (Phi) is 3.93. The van der Waals surface area contributed by atoms with Crippen LogP contribution in [0.1, 0.15) is 36.5 Å². The number of phenolic OH excluding ortho intramolecular Hbond substituents is 1. The van der Waals surface area contributed by atoms with Crippen molar-refractivity contribution in [1.29, 1.82) is 0 Å². The van der Waals surface area contributed by atoms with E-state index in [4.69, 9.17) is 11.6 Å². The SMILES string of the molecule is CC(C)c1ccc(O)c(Cc2ccc(Cl)cc2)c1. The summed E-state index contributed by atoms with van der Waals surface area (Å²) in [5, 5.41) is 10.6. The lowest BCUT2D eigenvalue weighted by Gasteiger charge is -2.10. The largest absolute Gasteiger partial charge is 0.508 e. The first-order valence-electron chi connectivity index (χ1n) is 6.12. The molecule has 0 radical (unpaired) electrons. The average Bonchev–Trinajstić information content (AvgIpc) is 2.34. The van der Waals surface area contributed by atoms with Crippen LogP contribution in [0, 0.1) is 0 Å². The van der Waals surface area contributed by atoms with Gasteiger partial charge in [0.05, 0.1) is 0 Å². The number of rotatable bonds is 3. The summed E-state index contributed by atoms with van der Waals surface area (Å²) in [5.41, 5.74) is 3.36. The molecule has 0 bridgehead atoms. The third kappa shape index (κ3) is 3.05. The fourth-order valence-electron chi connectivity index (χ4n) is 1.93. The second-order valence-electron chi connectivity index (χ2n) is 4.85. The molecule has 1 nitrogen and oxygen atoms in total. The summed E-state index contributed by atoms with van der Waals surface area (Å²) in [6, 6.07) is 13.6. The summed E-state index contributed by atoms with van der Waals surface area (Å²) >= 11 is 5.86. The summed E-state index contributed by atoms with van der Waals surface area (Å²) in [6.07, 6.45) is 0.726. The Morgan fingerprint density at radius 3 is 2.33 bits per heavy atom. The lowest BCUT2D eigenvalue weighted by atomic mass is 9.97. The Bertz CT molecular complexity index is 529.